The van der Waals surface area contributed by atoms with Crippen molar-refractivity contribution in [1.29, 1.82) is 10.5 Å². The molecule has 0 saturated heterocycles. The number of nitriles is 2. The largest absolute Gasteiger partial charge is 0.330 e. The molecular weight excluding hydrogens is 456 g/mol. The Kier molecular flexibility index (Phi) is 7.96. The molecule has 37 heavy (non-hydrogen) atoms. The summed E-state index contributed by atoms with van der Waals surface area (Å²) in [7, 11) is 0. The third-order valence-electron chi connectivity index (χ3n) is 6.81. The van der Waals surface area contributed by atoms with Gasteiger partial charge in [-0.05, 0) is 52.0 Å². The molecule has 2 aromatic carbocycles. The molecule has 0 fully saturated rings. The summed E-state index contributed by atoms with van der Waals surface area (Å²) in [5.41, 5.74) is 7.63. The third-order valence-corrected chi connectivity index (χ3v) is 6.81. The Morgan fingerprint density at radius 2 is 1.00 bits per heavy atom. The fourth-order valence-electron chi connectivity index (χ4n) is 5.38. The predicted molar refractivity (Wildman–Crippen MR) is 150 cm³/mol. The highest BCUT2D eigenvalue weighted by molar-refractivity contribution is 5.83. The van der Waals surface area contributed by atoms with Crippen LogP contribution < -0.4 is 9.80 Å². The van der Waals surface area contributed by atoms with Crippen molar-refractivity contribution in [2.45, 2.75) is 79.1 Å². The van der Waals surface area contributed by atoms with Gasteiger partial charge >= 0.3 is 0 Å². The van der Waals surface area contributed by atoms with E-state index < -0.39 is 0 Å². The van der Waals surface area contributed by atoms with Gasteiger partial charge in [-0.25, -0.2) is 9.69 Å². The summed E-state index contributed by atoms with van der Waals surface area (Å²) in [4.78, 5) is 11.8. The lowest BCUT2D eigenvalue weighted by Crippen LogP contribution is -2.29. The second kappa shape index (κ2) is 10.8. The number of anilines is 2. The molecule has 6 heteroatoms. The van der Waals surface area contributed by atoms with Gasteiger partial charge in [0, 0.05) is 18.1 Å². The summed E-state index contributed by atoms with van der Waals surface area (Å²) < 4.78 is 0. The van der Waals surface area contributed by atoms with Crippen molar-refractivity contribution < 1.29 is 0 Å². The van der Waals surface area contributed by atoms with E-state index in [1.165, 1.54) is 0 Å². The topological polar surface area (TPSA) is 62.8 Å². The molecule has 0 spiro atoms. The fraction of sp³-hybridized carbons (Fsp3) is 0.419. The highest BCUT2D eigenvalue weighted by Gasteiger charge is 2.31. The van der Waals surface area contributed by atoms with Crippen LogP contribution >= 0.6 is 0 Å². The average Bonchev–Trinajstić information content (AvgIpc) is 3.34. The number of hydrogen-bond donors (Lipinski definition) is 0. The third kappa shape index (κ3) is 4.77. The van der Waals surface area contributed by atoms with Crippen molar-refractivity contribution in [2.75, 3.05) is 16.5 Å². The molecule has 2 aromatic rings. The van der Waals surface area contributed by atoms with Gasteiger partial charge in [-0.1, -0.05) is 61.5 Å². The van der Waals surface area contributed by atoms with E-state index in [4.69, 9.17) is 13.1 Å². The van der Waals surface area contributed by atoms with Crippen LogP contribution in [-0.4, -0.2) is 6.67 Å². The molecule has 1 aliphatic rings. The van der Waals surface area contributed by atoms with Gasteiger partial charge in [0.2, 0.25) is 0 Å². The van der Waals surface area contributed by atoms with Gasteiger partial charge in [-0.15, -0.1) is 0 Å². The highest BCUT2D eigenvalue weighted by atomic mass is 15.3. The van der Waals surface area contributed by atoms with E-state index in [1.807, 2.05) is 12.4 Å². The van der Waals surface area contributed by atoms with E-state index in [2.05, 4.69) is 87.0 Å². The second-order valence-electron chi connectivity index (χ2n) is 10.7. The summed E-state index contributed by atoms with van der Waals surface area (Å²) in [5, 5.41) is 19.9. The van der Waals surface area contributed by atoms with Crippen LogP contribution in [0.1, 0.15) is 112 Å². The zero-order chi connectivity index (χ0) is 27.6. The summed E-state index contributed by atoms with van der Waals surface area (Å²) in [6.45, 7) is 32.7. The monoisotopic (exact) mass is 490 g/mol. The Morgan fingerprint density at radius 1 is 0.649 bits per heavy atom. The molecule has 1 aliphatic heterocycles. The van der Waals surface area contributed by atoms with Crippen molar-refractivity contribution in [2.24, 2.45) is 0 Å². The molecule has 1 heterocycles. The zero-order valence-electron chi connectivity index (χ0n) is 23.0. The molecule has 0 N–H and O–H groups in total. The first kappa shape index (κ1) is 27.3. The first-order chi connectivity index (χ1) is 17.5. The van der Waals surface area contributed by atoms with Crippen LogP contribution in [0.5, 0.6) is 0 Å². The van der Waals surface area contributed by atoms with E-state index in [-0.39, 0.29) is 23.7 Å². The van der Waals surface area contributed by atoms with Crippen molar-refractivity contribution in [3.05, 3.63) is 80.7 Å². The van der Waals surface area contributed by atoms with Crippen molar-refractivity contribution in [3.63, 3.8) is 0 Å². The Morgan fingerprint density at radius 3 is 1.30 bits per heavy atom. The number of rotatable bonds is 6. The molecule has 0 saturated carbocycles. The molecule has 3 rings (SSSR count). The molecule has 0 atom stereocenters. The van der Waals surface area contributed by atoms with Gasteiger partial charge < -0.3 is 9.80 Å². The fourth-order valence-corrected chi connectivity index (χ4v) is 5.38. The van der Waals surface area contributed by atoms with E-state index in [0.717, 1.165) is 33.6 Å². The second-order valence-corrected chi connectivity index (χ2v) is 10.7. The first-order valence-electron chi connectivity index (χ1n) is 12.7. The van der Waals surface area contributed by atoms with Crippen molar-refractivity contribution in [3.8, 4) is 12.1 Å². The molecule has 0 bridgehead atoms. The Bertz CT molecular complexity index is 1220. The van der Waals surface area contributed by atoms with Gasteiger partial charge in [0.15, 0.2) is 11.4 Å². The van der Waals surface area contributed by atoms with Gasteiger partial charge in [-0.3, -0.25) is 0 Å². The summed E-state index contributed by atoms with van der Waals surface area (Å²) in [6, 6.07) is 8.10. The molecule has 6 nitrogen and oxygen atoms in total. The maximum absolute atomic E-state index is 9.96. The average molecular weight is 491 g/mol. The zero-order valence-corrected chi connectivity index (χ0v) is 23.0. The predicted octanol–water partition coefficient (Wildman–Crippen LogP) is 8.78. The normalized spacial score (nSPS) is 12.9. The minimum atomic E-state index is 0.0777. The summed E-state index contributed by atoms with van der Waals surface area (Å²) in [5.74, 6) is 0.328. The summed E-state index contributed by atoms with van der Waals surface area (Å²) in [6.07, 6.45) is 3.99. The van der Waals surface area contributed by atoms with Crippen LogP contribution in [0.15, 0.2) is 24.5 Å². The minimum Gasteiger partial charge on any atom is -0.330 e. The van der Waals surface area contributed by atoms with E-state index in [1.54, 1.807) is 12.1 Å². The lowest BCUT2D eigenvalue weighted by molar-refractivity contribution is 0.802. The van der Waals surface area contributed by atoms with Crippen molar-refractivity contribution >= 4 is 22.7 Å². The van der Waals surface area contributed by atoms with Crippen molar-refractivity contribution in [1.82, 2.24) is 0 Å². The Labute approximate surface area is 221 Å². The molecule has 0 unspecified atom stereocenters. The summed E-state index contributed by atoms with van der Waals surface area (Å²) >= 11 is 0. The van der Waals surface area contributed by atoms with Gasteiger partial charge in [0.05, 0.1) is 48.8 Å². The van der Waals surface area contributed by atoms with Gasteiger partial charge in [-0.2, -0.15) is 10.5 Å². The van der Waals surface area contributed by atoms with E-state index >= 15 is 0 Å². The van der Waals surface area contributed by atoms with Crippen LogP contribution in [0.3, 0.4) is 0 Å². The molecule has 0 aromatic heterocycles. The lowest BCUT2D eigenvalue weighted by atomic mass is 9.85. The van der Waals surface area contributed by atoms with Gasteiger partial charge in [0.1, 0.15) is 0 Å². The first-order valence-corrected chi connectivity index (χ1v) is 12.7. The standard InChI is InChI=1S/C31H34N6/c1-18(2)26-22(15-32)13-23(16-33)27(19(3)4)30(26)36-11-12-37(17-36)31-28(20(5)6)24(34-9)14-25(35-10)29(31)21(7)8/h11-14,18-21H,17H2,1-8H3. The SMILES string of the molecule is [C-]#[N+]c1cc([N+]#[C-])c(C(C)C)c(N2C=CN(c3c(C(C)C)c(C#N)cc(C#N)c3C(C)C)C2)c1C(C)C. The quantitative estimate of drug-likeness (QED) is 0.380. The van der Waals surface area contributed by atoms with Gasteiger partial charge in [0.25, 0.3) is 0 Å². The van der Waals surface area contributed by atoms with Crippen LogP contribution in [0, 0.1) is 35.8 Å². The molecule has 0 radical (unpaired) electrons. The lowest BCUT2D eigenvalue weighted by Gasteiger charge is -2.32. The smallest absolute Gasteiger partial charge is 0.182 e. The van der Waals surface area contributed by atoms with E-state index in [9.17, 15) is 10.5 Å². The molecular formula is C31H34N6. The highest BCUT2D eigenvalue weighted by Crippen LogP contribution is 2.48. The maximum atomic E-state index is 9.96. The Balaban J connectivity index is 2.32. The minimum absolute atomic E-state index is 0.0777. The molecule has 0 amide bonds. The maximum Gasteiger partial charge on any atom is 0.182 e. The number of benzene rings is 2. The van der Waals surface area contributed by atoms with Crippen LogP contribution in [0.2, 0.25) is 0 Å². The molecule has 0 aliphatic carbocycles. The number of hydrogen-bond acceptors (Lipinski definition) is 4. The van der Waals surface area contributed by atoms with Crippen LogP contribution in [0.25, 0.3) is 9.69 Å². The van der Waals surface area contributed by atoms with E-state index in [0.29, 0.717) is 29.2 Å². The van der Waals surface area contributed by atoms with Crippen LogP contribution in [-0.2, 0) is 0 Å². The Hall–Kier alpha value is -4.26. The van der Waals surface area contributed by atoms with Crippen LogP contribution in [0.4, 0.5) is 22.7 Å². The molecule has 188 valence electrons. The number of nitrogens with zero attached hydrogens (tertiary/aromatic N) is 6.